The summed E-state index contributed by atoms with van der Waals surface area (Å²) in [6.45, 7) is 3.68. The largest absolute Gasteiger partial charge is 0.378 e. The van der Waals surface area contributed by atoms with Crippen LogP contribution < -0.4 is 5.32 Å². The van der Waals surface area contributed by atoms with Crippen LogP contribution in [0.15, 0.2) is 30.5 Å². The van der Waals surface area contributed by atoms with Gasteiger partial charge in [-0.1, -0.05) is 18.2 Å². The van der Waals surface area contributed by atoms with Gasteiger partial charge in [-0.05, 0) is 11.6 Å². The van der Waals surface area contributed by atoms with Gasteiger partial charge < -0.3 is 19.9 Å². The van der Waals surface area contributed by atoms with Crippen molar-refractivity contribution in [2.75, 3.05) is 26.3 Å². The van der Waals surface area contributed by atoms with E-state index in [1.807, 2.05) is 30.5 Å². The zero-order chi connectivity index (χ0) is 16.2. The van der Waals surface area contributed by atoms with Gasteiger partial charge in [-0.25, -0.2) is 0 Å². The smallest absolute Gasteiger partial charge is 0.245 e. The van der Waals surface area contributed by atoms with Gasteiger partial charge in [-0.15, -0.1) is 0 Å². The Hall–Kier alpha value is -2.34. The maximum atomic E-state index is 12.7. The van der Waals surface area contributed by atoms with Gasteiger partial charge in [0.05, 0.1) is 13.2 Å². The second-order valence-corrected chi connectivity index (χ2v) is 5.75. The van der Waals surface area contributed by atoms with Crippen LogP contribution in [-0.4, -0.2) is 54.0 Å². The number of hydrogen-bond donors (Lipinski definition) is 2. The summed E-state index contributed by atoms with van der Waals surface area (Å²) >= 11 is 0. The molecule has 1 aliphatic heterocycles. The Morgan fingerprint density at radius 1 is 1.30 bits per heavy atom. The molecule has 2 heterocycles. The third kappa shape index (κ3) is 3.53. The van der Waals surface area contributed by atoms with Crippen molar-refractivity contribution in [3.8, 4) is 0 Å². The Kier molecular flexibility index (Phi) is 4.62. The summed E-state index contributed by atoms with van der Waals surface area (Å²) in [5.41, 5.74) is 2.06. The van der Waals surface area contributed by atoms with Crippen molar-refractivity contribution < 1.29 is 14.3 Å². The number of H-pyrrole nitrogens is 1. The van der Waals surface area contributed by atoms with Crippen LogP contribution in [0.3, 0.4) is 0 Å². The summed E-state index contributed by atoms with van der Waals surface area (Å²) in [6, 6.07) is 7.40. The minimum atomic E-state index is -0.551. The third-order valence-corrected chi connectivity index (χ3v) is 4.10. The van der Waals surface area contributed by atoms with E-state index >= 15 is 0 Å². The van der Waals surface area contributed by atoms with Gasteiger partial charge in [0.1, 0.15) is 6.04 Å². The average molecular weight is 315 g/mol. The number of amides is 2. The normalized spacial score (nSPS) is 16.3. The number of rotatable bonds is 4. The number of benzene rings is 1. The highest BCUT2D eigenvalue weighted by Crippen LogP contribution is 2.19. The van der Waals surface area contributed by atoms with E-state index in [2.05, 4.69) is 10.3 Å². The lowest BCUT2D eigenvalue weighted by molar-refractivity contribution is -0.139. The highest BCUT2D eigenvalue weighted by Gasteiger charge is 2.27. The van der Waals surface area contributed by atoms with E-state index in [4.69, 9.17) is 4.74 Å². The van der Waals surface area contributed by atoms with Gasteiger partial charge in [0.2, 0.25) is 11.8 Å². The lowest BCUT2D eigenvalue weighted by Crippen LogP contribution is -2.52. The summed E-state index contributed by atoms with van der Waals surface area (Å²) < 4.78 is 5.29. The van der Waals surface area contributed by atoms with Crippen LogP contribution in [-0.2, 0) is 20.7 Å². The van der Waals surface area contributed by atoms with Crippen molar-refractivity contribution in [1.29, 1.82) is 0 Å². The molecule has 0 saturated carbocycles. The van der Waals surface area contributed by atoms with Crippen LogP contribution in [0.25, 0.3) is 10.9 Å². The number of carbonyl (C=O) groups is 2. The topological polar surface area (TPSA) is 74.4 Å². The molecule has 1 atom stereocenters. The second-order valence-electron chi connectivity index (χ2n) is 5.75. The van der Waals surface area contributed by atoms with E-state index in [9.17, 15) is 9.59 Å². The summed E-state index contributed by atoms with van der Waals surface area (Å²) in [5, 5.41) is 3.88. The molecule has 1 aromatic carbocycles. The van der Waals surface area contributed by atoms with Crippen molar-refractivity contribution in [3.05, 3.63) is 36.0 Å². The van der Waals surface area contributed by atoms with Crippen LogP contribution in [0.2, 0.25) is 0 Å². The molecule has 0 bridgehead atoms. The molecule has 122 valence electrons. The summed E-state index contributed by atoms with van der Waals surface area (Å²) in [7, 11) is 0. The van der Waals surface area contributed by atoms with Crippen LogP contribution in [0.4, 0.5) is 0 Å². The molecule has 0 spiro atoms. The molecule has 3 rings (SSSR count). The maximum absolute atomic E-state index is 12.7. The minimum Gasteiger partial charge on any atom is -0.378 e. The molecule has 0 unspecified atom stereocenters. The molecular formula is C17H21N3O3. The fraction of sp³-hybridized carbons (Fsp3) is 0.412. The van der Waals surface area contributed by atoms with Gasteiger partial charge in [0.25, 0.3) is 0 Å². The second kappa shape index (κ2) is 6.83. The monoisotopic (exact) mass is 315 g/mol. The fourth-order valence-corrected chi connectivity index (χ4v) is 2.97. The number of hydrogen-bond acceptors (Lipinski definition) is 3. The van der Waals surface area contributed by atoms with E-state index in [0.29, 0.717) is 32.7 Å². The van der Waals surface area contributed by atoms with Gasteiger partial charge in [-0.2, -0.15) is 0 Å². The zero-order valence-corrected chi connectivity index (χ0v) is 13.2. The number of fused-ring (bicyclic) bond motifs is 1. The first-order chi connectivity index (χ1) is 11.1. The van der Waals surface area contributed by atoms with Crippen molar-refractivity contribution in [3.63, 3.8) is 0 Å². The van der Waals surface area contributed by atoms with E-state index in [1.54, 1.807) is 4.90 Å². The summed E-state index contributed by atoms with van der Waals surface area (Å²) in [6.07, 6.45) is 2.38. The fourth-order valence-electron chi connectivity index (χ4n) is 2.97. The Bertz CT molecular complexity index is 704. The predicted octanol–water partition coefficient (Wildman–Crippen LogP) is 1.07. The Balaban J connectivity index is 1.81. The first kappa shape index (κ1) is 15.6. The summed E-state index contributed by atoms with van der Waals surface area (Å²) in [5.74, 6) is -0.245. The minimum absolute atomic E-state index is 0.0474. The highest BCUT2D eigenvalue weighted by atomic mass is 16.5. The number of carbonyl (C=O) groups excluding carboxylic acids is 2. The molecule has 1 aromatic heterocycles. The van der Waals surface area contributed by atoms with Crippen molar-refractivity contribution in [2.45, 2.75) is 19.4 Å². The molecule has 1 saturated heterocycles. The SMILES string of the molecule is CC(=O)N[C@H](Cc1c[nH]c2ccccc12)C(=O)N1CCOCC1. The first-order valence-corrected chi connectivity index (χ1v) is 7.84. The number of nitrogens with zero attached hydrogens (tertiary/aromatic N) is 1. The molecule has 0 radical (unpaired) electrons. The van der Waals surface area contributed by atoms with Gasteiger partial charge in [-0.3, -0.25) is 9.59 Å². The van der Waals surface area contributed by atoms with Crippen molar-refractivity contribution >= 4 is 22.7 Å². The van der Waals surface area contributed by atoms with Gasteiger partial charge >= 0.3 is 0 Å². The Labute approximate surface area is 134 Å². The van der Waals surface area contributed by atoms with Crippen LogP contribution >= 0.6 is 0 Å². The molecule has 1 fully saturated rings. The molecule has 6 heteroatoms. The molecular weight excluding hydrogens is 294 g/mol. The first-order valence-electron chi connectivity index (χ1n) is 7.84. The third-order valence-electron chi connectivity index (χ3n) is 4.10. The van der Waals surface area contributed by atoms with Gasteiger partial charge in [0, 0.05) is 43.5 Å². The van der Waals surface area contributed by atoms with Gasteiger partial charge in [0.15, 0.2) is 0 Å². The molecule has 2 amide bonds. The quantitative estimate of drug-likeness (QED) is 0.886. The van der Waals surface area contributed by atoms with E-state index < -0.39 is 6.04 Å². The van der Waals surface area contributed by atoms with E-state index in [0.717, 1.165) is 16.5 Å². The number of morpholine rings is 1. The summed E-state index contributed by atoms with van der Waals surface area (Å²) in [4.78, 5) is 29.2. The van der Waals surface area contributed by atoms with Crippen LogP contribution in [0, 0.1) is 0 Å². The molecule has 2 N–H and O–H groups in total. The zero-order valence-electron chi connectivity index (χ0n) is 13.2. The number of ether oxygens (including phenoxy) is 1. The van der Waals surface area contributed by atoms with Crippen LogP contribution in [0.5, 0.6) is 0 Å². The lowest BCUT2D eigenvalue weighted by atomic mass is 10.0. The Morgan fingerprint density at radius 3 is 2.78 bits per heavy atom. The molecule has 0 aliphatic carbocycles. The standard InChI is InChI=1S/C17H21N3O3/c1-12(21)19-16(17(22)20-6-8-23-9-7-20)10-13-11-18-15-5-3-2-4-14(13)15/h2-5,11,16,18H,6-10H2,1H3,(H,19,21)/t16-/m1/s1. The molecule has 1 aliphatic rings. The lowest BCUT2D eigenvalue weighted by Gasteiger charge is -2.30. The molecule has 2 aromatic rings. The van der Waals surface area contributed by atoms with Crippen LogP contribution in [0.1, 0.15) is 12.5 Å². The molecule has 23 heavy (non-hydrogen) atoms. The van der Waals surface area contributed by atoms with E-state index in [1.165, 1.54) is 6.92 Å². The van der Waals surface area contributed by atoms with E-state index in [-0.39, 0.29) is 11.8 Å². The highest BCUT2D eigenvalue weighted by molar-refractivity contribution is 5.89. The number of para-hydroxylation sites is 1. The predicted molar refractivity (Wildman–Crippen MR) is 87.0 cm³/mol. The molecule has 6 nitrogen and oxygen atoms in total. The van der Waals surface area contributed by atoms with Crippen molar-refractivity contribution in [1.82, 2.24) is 15.2 Å². The number of aromatic amines is 1. The maximum Gasteiger partial charge on any atom is 0.245 e. The number of aromatic nitrogens is 1. The number of nitrogens with one attached hydrogen (secondary N) is 2. The Morgan fingerprint density at radius 2 is 2.04 bits per heavy atom. The average Bonchev–Trinajstić information content (AvgIpc) is 2.97. The van der Waals surface area contributed by atoms with Crippen molar-refractivity contribution in [2.24, 2.45) is 0 Å².